The van der Waals surface area contributed by atoms with E-state index >= 15 is 0 Å². The molecule has 0 atom stereocenters. The number of carboxylic acid groups (broad SMARTS) is 1. The number of benzene rings is 2. The molecule has 1 saturated heterocycles. The first-order chi connectivity index (χ1) is 16.6. The smallest absolute Gasteiger partial charge is 0.306 e. The number of carboxylic acids is 1. The SMILES string of the molecule is Cc1cc(-n2c(C3CCS(=O)(=O)CC3)c(C3CCC(C(=O)O)CC3)c3cc(O)ccc32)ccc1F. The van der Waals surface area contributed by atoms with Crippen molar-refractivity contribution in [1.29, 1.82) is 0 Å². The largest absolute Gasteiger partial charge is 0.508 e. The molecule has 2 fully saturated rings. The van der Waals surface area contributed by atoms with E-state index in [2.05, 4.69) is 4.57 Å². The molecule has 1 aliphatic carbocycles. The quantitative estimate of drug-likeness (QED) is 0.499. The van der Waals surface area contributed by atoms with Gasteiger partial charge in [0.15, 0.2) is 0 Å². The van der Waals surface area contributed by atoms with Gasteiger partial charge < -0.3 is 14.8 Å². The Bertz CT molecular complexity index is 1390. The standard InChI is InChI=1S/C27H30FNO5S/c1-16-14-20(6-8-23(16)28)29-24-9-7-21(30)15-22(24)25(17-2-4-19(5-3-17)27(31)32)26(29)18-10-12-35(33,34)13-11-18/h6-9,14-15,17-19,30H,2-5,10-13H2,1H3,(H,31,32). The van der Waals surface area contributed by atoms with Crippen LogP contribution in [0.25, 0.3) is 16.6 Å². The van der Waals surface area contributed by atoms with Crippen LogP contribution in [0, 0.1) is 18.7 Å². The zero-order valence-electron chi connectivity index (χ0n) is 19.7. The van der Waals surface area contributed by atoms with Crippen molar-refractivity contribution in [3.05, 3.63) is 59.0 Å². The molecule has 1 aromatic heterocycles. The third-order valence-electron chi connectivity index (χ3n) is 7.85. The molecular weight excluding hydrogens is 469 g/mol. The van der Waals surface area contributed by atoms with Gasteiger partial charge >= 0.3 is 5.97 Å². The number of hydrogen-bond donors (Lipinski definition) is 2. The summed E-state index contributed by atoms with van der Waals surface area (Å²) in [6.07, 6.45) is 3.60. The Balaban J connectivity index is 1.73. The van der Waals surface area contributed by atoms with Gasteiger partial charge in [-0.05, 0) is 98.9 Å². The van der Waals surface area contributed by atoms with Gasteiger partial charge in [0.1, 0.15) is 21.4 Å². The van der Waals surface area contributed by atoms with E-state index in [1.54, 1.807) is 31.2 Å². The highest BCUT2D eigenvalue weighted by Crippen LogP contribution is 2.47. The topological polar surface area (TPSA) is 96.6 Å². The maximum atomic E-state index is 14.2. The summed E-state index contributed by atoms with van der Waals surface area (Å²) in [6, 6.07) is 10.2. The van der Waals surface area contributed by atoms with Gasteiger partial charge in [-0.1, -0.05) is 0 Å². The molecule has 1 saturated carbocycles. The van der Waals surface area contributed by atoms with E-state index in [1.807, 2.05) is 6.07 Å². The second kappa shape index (κ2) is 8.97. The predicted octanol–water partition coefficient (Wildman–Crippen LogP) is 5.43. The lowest BCUT2D eigenvalue weighted by molar-refractivity contribution is -0.142. The van der Waals surface area contributed by atoms with E-state index in [-0.39, 0.29) is 40.8 Å². The number of aromatic hydroxyl groups is 1. The molecule has 8 heteroatoms. The molecule has 2 N–H and O–H groups in total. The fourth-order valence-corrected chi connectivity index (χ4v) is 7.48. The summed E-state index contributed by atoms with van der Waals surface area (Å²) in [5.74, 6) is -0.921. The van der Waals surface area contributed by atoms with Gasteiger partial charge in [-0.3, -0.25) is 4.79 Å². The summed E-state index contributed by atoms with van der Waals surface area (Å²) in [4.78, 5) is 11.6. The van der Waals surface area contributed by atoms with E-state index in [0.29, 0.717) is 44.1 Å². The third-order valence-corrected chi connectivity index (χ3v) is 9.57. The Morgan fingerprint density at radius 1 is 0.971 bits per heavy atom. The summed E-state index contributed by atoms with van der Waals surface area (Å²) in [5, 5.41) is 20.8. The maximum absolute atomic E-state index is 14.2. The van der Waals surface area contributed by atoms with Crippen LogP contribution >= 0.6 is 0 Å². The van der Waals surface area contributed by atoms with E-state index in [9.17, 15) is 27.8 Å². The van der Waals surface area contributed by atoms with Crippen molar-refractivity contribution < 1.29 is 27.8 Å². The van der Waals surface area contributed by atoms with E-state index in [0.717, 1.165) is 27.8 Å². The number of halogens is 1. The van der Waals surface area contributed by atoms with Crippen molar-refractivity contribution in [2.24, 2.45) is 5.92 Å². The minimum Gasteiger partial charge on any atom is -0.508 e. The molecule has 0 bridgehead atoms. The van der Waals surface area contributed by atoms with Crippen molar-refractivity contribution >= 4 is 26.7 Å². The molecular formula is C27H30FNO5S. The van der Waals surface area contributed by atoms with Crippen LogP contribution in [0.15, 0.2) is 36.4 Å². The van der Waals surface area contributed by atoms with Gasteiger partial charge in [0.05, 0.1) is 22.9 Å². The monoisotopic (exact) mass is 499 g/mol. The van der Waals surface area contributed by atoms with Gasteiger partial charge in [0.25, 0.3) is 0 Å². The molecule has 0 amide bonds. The number of phenols is 1. The van der Waals surface area contributed by atoms with Crippen molar-refractivity contribution in [2.75, 3.05) is 11.5 Å². The molecule has 0 radical (unpaired) electrons. The minimum atomic E-state index is -3.07. The van der Waals surface area contributed by atoms with Crippen LogP contribution in [0.3, 0.4) is 0 Å². The number of phenolic OH excluding ortho intramolecular Hbond substituents is 1. The highest BCUT2D eigenvalue weighted by atomic mass is 32.2. The zero-order valence-corrected chi connectivity index (χ0v) is 20.5. The van der Waals surface area contributed by atoms with Crippen molar-refractivity contribution in [2.45, 2.75) is 57.3 Å². The van der Waals surface area contributed by atoms with Crippen molar-refractivity contribution in [3.8, 4) is 11.4 Å². The van der Waals surface area contributed by atoms with Crippen LogP contribution in [-0.2, 0) is 14.6 Å². The van der Waals surface area contributed by atoms with E-state index < -0.39 is 15.8 Å². The number of sulfone groups is 1. The first-order valence-corrected chi connectivity index (χ1v) is 14.0. The number of aliphatic carboxylic acids is 1. The van der Waals surface area contributed by atoms with Crippen LogP contribution in [-0.4, -0.2) is 40.7 Å². The van der Waals surface area contributed by atoms with E-state index in [1.165, 1.54) is 6.07 Å². The number of carbonyl (C=O) groups is 1. The van der Waals surface area contributed by atoms with E-state index in [4.69, 9.17) is 0 Å². The van der Waals surface area contributed by atoms with Crippen LogP contribution in [0.5, 0.6) is 5.75 Å². The normalized spacial score (nSPS) is 22.9. The second-order valence-corrected chi connectivity index (χ2v) is 12.4. The number of aromatic nitrogens is 1. The highest BCUT2D eigenvalue weighted by molar-refractivity contribution is 7.91. The van der Waals surface area contributed by atoms with Gasteiger partial charge in [0, 0.05) is 22.7 Å². The summed E-state index contributed by atoms with van der Waals surface area (Å²) >= 11 is 0. The number of nitrogens with zero attached hydrogens (tertiary/aromatic N) is 1. The number of fused-ring (bicyclic) bond motifs is 1. The average Bonchev–Trinajstić information content (AvgIpc) is 3.15. The third kappa shape index (κ3) is 4.44. The Labute approximate surface area is 204 Å². The lowest BCUT2D eigenvalue weighted by atomic mass is 9.76. The first kappa shape index (κ1) is 23.9. The average molecular weight is 500 g/mol. The minimum absolute atomic E-state index is 0.00868. The van der Waals surface area contributed by atoms with Crippen LogP contribution in [0.4, 0.5) is 4.39 Å². The molecule has 35 heavy (non-hydrogen) atoms. The van der Waals surface area contributed by atoms with Gasteiger partial charge in [-0.2, -0.15) is 0 Å². The zero-order chi connectivity index (χ0) is 24.9. The Morgan fingerprint density at radius 2 is 1.66 bits per heavy atom. The van der Waals surface area contributed by atoms with Gasteiger partial charge in [0.2, 0.25) is 0 Å². The molecule has 186 valence electrons. The lowest BCUT2D eigenvalue weighted by Crippen LogP contribution is -2.25. The second-order valence-electron chi connectivity index (χ2n) is 10.1. The molecule has 5 rings (SSSR count). The molecule has 3 aromatic rings. The fraction of sp³-hybridized carbons (Fsp3) is 0.444. The summed E-state index contributed by atoms with van der Waals surface area (Å²) in [6.45, 7) is 1.72. The van der Waals surface area contributed by atoms with Crippen LogP contribution in [0.2, 0.25) is 0 Å². The number of aryl methyl sites for hydroxylation is 1. The summed E-state index contributed by atoms with van der Waals surface area (Å²) in [7, 11) is -3.07. The maximum Gasteiger partial charge on any atom is 0.306 e. The number of hydrogen-bond acceptors (Lipinski definition) is 4. The Morgan fingerprint density at radius 3 is 2.29 bits per heavy atom. The lowest BCUT2D eigenvalue weighted by Gasteiger charge is -2.30. The van der Waals surface area contributed by atoms with Crippen molar-refractivity contribution in [1.82, 2.24) is 4.57 Å². The molecule has 0 unspecified atom stereocenters. The highest BCUT2D eigenvalue weighted by Gasteiger charge is 2.35. The Hall–Kier alpha value is -2.87. The molecule has 1 aliphatic heterocycles. The van der Waals surface area contributed by atoms with Crippen LogP contribution < -0.4 is 0 Å². The van der Waals surface area contributed by atoms with Gasteiger partial charge in [-0.25, -0.2) is 12.8 Å². The molecule has 6 nitrogen and oxygen atoms in total. The van der Waals surface area contributed by atoms with Crippen LogP contribution in [0.1, 0.15) is 67.2 Å². The molecule has 2 aromatic carbocycles. The molecule has 2 heterocycles. The summed E-state index contributed by atoms with van der Waals surface area (Å²) < 4.78 is 40.7. The first-order valence-electron chi connectivity index (χ1n) is 12.2. The predicted molar refractivity (Wildman–Crippen MR) is 133 cm³/mol. The fourth-order valence-electron chi connectivity index (χ4n) is 5.99. The van der Waals surface area contributed by atoms with Gasteiger partial charge in [-0.15, -0.1) is 0 Å². The van der Waals surface area contributed by atoms with Crippen molar-refractivity contribution in [3.63, 3.8) is 0 Å². The molecule has 0 spiro atoms. The number of rotatable bonds is 4. The Kier molecular flexibility index (Phi) is 6.11. The summed E-state index contributed by atoms with van der Waals surface area (Å²) in [5.41, 5.74) is 4.29. The molecule has 2 aliphatic rings.